The summed E-state index contributed by atoms with van der Waals surface area (Å²) in [5.41, 5.74) is -0.400. The summed E-state index contributed by atoms with van der Waals surface area (Å²) in [4.78, 5) is 11.8. The molecule has 0 aromatic carbocycles. The van der Waals surface area contributed by atoms with Crippen LogP contribution in [0, 0.1) is 5.41 Å². The third-order valence-corrected chi connectivity index (χ3v) is 3.31. The largest absolute Gasteiger partial charge is 0.462 e. The topological polar surface area (TPSA) is 46.5 Å². The zero-order valence-electron chi connectivity index (χ0n) is 9.95. The highest BCUT2D eigenvalue weighted by Crippen LogP contribution is 2.26. The van der Waals surface area contributed by atoms with Crippen molar-refractivity contribution in [1.82, 2.24) is 0 Å². The Hall–Kier alpha value is -0.570. The summed E-state index contributed by atoms with van der Waals surface area (Å²) >= 11 is 0. The Morgan fingerprint density at radius 1 is 1.47 bits per heavy atom. The molecule has 1 N–H and O–H groups in total. The van der Waals surface area contributed by atoms with Crippen LogP contribution in [0.2, 0.25) is 0 Å². The number of rotatable bonds is 3. The monoisotopic (exact) mass is 214 g/mol. The second-order valence-corrected chi connectivity index (χ2v) is 5.09. The molecule has 0 aromatic heterocycles. The Bertz CT molecular complexity index is 223. The summed E-state index contributed by atoms with van der Waals surface area (Å²) in [5, 5.41) is 9.46. The van der Waals surface area contributed by atoms with Crippen molar-refractivity contribution < 1.29 is 14.6 Å². The molecule has 88 valence electrons. The van der Waals surface area contributed by atoms with E-state index in [9.17, 15) is 9.90 Å². The van der Waals surface area contributed by atoms with Gasteiger partial charge in [0, 0.05) is 6.42 Å². The normalized spacial score (nSPS) is 27.5. The molecule has 15 heavy (non-hydrogen) atoms. The molecule has 2 unspecified atom stereocenters. The third-order valence-electron chi connectivity index (χ3n) is 3.31. The lowest BCUT2D eigenvalue weighted by Crippen LogP contribution is -2.33. The fraction of sp³-hybridized carbons (Fsp3) is 0.917. The fourth-order valence-corrected chi connectivity index (χ4v) is 1.68. The maximum absolute atomic E-state index is 11.8. The number of esters is 1. The van der Waals surface area contributed by atoms with Crippen LogP contribution in [0.5, 0.6) is 0 Å². The van der Waals surface area contributed by atoms with E-state index in [1.807, 2.05) is 20.8 Å². The van der Waals surface area contributed by atoms with Crippen molar-refractivity contribution in [2.75, 3.05) is 0 Å². The van der Waals surface area contributed by atoms with Crippen LogP contribution in [0.15, 0.2) is 0 Å². The highest BCUT2D eigenvalue weighted by Gasteiger charge is 2.31. The lowest BCUT2D eigenvalue weighted by Gasteiger charge is -2.29. The van der Waals surface area contributed by atoms with Gasteiger partial charge in [-0.25, -0.2) is 0 Å². The van der Waals surface area contributed by atoms with Crippen molar-refractivity contribution in [1.29, 1.82) is 0 Å². The molecule has 1 rings (SSSR count). The van der Waals surface area contributed by atoms with Crippen molar-refractivity contribution in [3.8, 4) is 0 Å². The van der Waals surface area contributed by atoms with Gasteiger partial charge in [-0.2, -0.15) is 0 Å². The minimum absolute atomic E-state index is 0.0768. The van der Waals surface area contributed by atoms with E-state index in [1.165, 1.54) is 0 Å². The Morgan fingerprint density at radius 2 is 2.13 bits per heavy atom. The highest BCUT2D eigenvalue weighted by molar-refractivity contribution is 5.75. The Morgan fingerprint density at radius 3 is 2.67 bits per heavy atom. The number of hydrogen-bond acceptors (Lipinski definition) is 3. The summed E-state index contributed by atoms with van der Waals surface area (Å²) in [6.07, 6.45) is 3.69. The first-order valence-electron chi connectivity index (χ1n) is 5.85. The van der Waals surface area contributed by atoms with E-state index in [0.29, 0.717) is 6.42 Å². The van der Waals surface area contributed by atoms with Crippen LogP contribution in [0.25, 0.3) is 0 Å². The van der Waals surface area contributed by atoms with E-state index in [1.54, 1.807) is 0 Å². The second-order valence-electron chi connectivity index (χ2n) is 5.09. The molecule has 0 spiro atoms. The van der Waals surface area contributed by atoms with Gasteiger partial charge in [-0.3, -0.25) is 4.79 Å². The highest BCUT2D eigenvalue weighted by atomic mass is 16.5. The first-order valence-corrected chi connectivity index (χ1v) is 5.85. The maximum Gasteiger partial charge on any atom is 0.311 e. The number of carbonyl (C=O) groups excluding carboxylic acids is 1. The summed E-state index contributed by atoms with van der Waals surface area (Å²) in [6, 6.07) is 0. The van der Waals surface area contributed by atoms with Crippen molar-refractivity contribution in [2.45, 2.75) is 65.1 Å². The van der Waals surface area contributed by atoms with Gasteiger partial charge >= 0.3 is 5.97 Å². The van der Waals surface area contributed by atoms with E-state index in [0.717, 1.165) is 25.7 Å². The Balaban J connectivity index is 2.44. The summed E-state index contributed by atoms with van der Waals surface area (Å²) in [6.45, 7) is 5.78. The molecule has 0 radical (unpaired) electrons. The van der Waals surface area contributed by atoms with Gasteiger partial charge in [-0.15, -0.1) is 0 Å². The van der Waals surface area contributed by atoms with Gasteiger partial charge in [-0.05, 0) is 39.5 Å². The van der Waals surface area contributed by atoms with Crippen LogP contribution in [0.4, 0.5) is 0 Å². The standard InChI is InChI=1S/C12H22O3/c1-4-12(2,3)11(14)15-10-7-5-6-9(13)8-10/h9-10,13H,4-8H2,1-3H3. The predicted molar refractivity (Wildman–Crippen MR) is 58.4 cm³/mol. The summed E-state index contributed by atoms with van der Waals surface area (Å²) in [7, 11) is 0. The Kier molecular flexibility index (Phi) is 4.14. The number of aliphatic hydroxyl groups excluding tert-OH is 1. The lowest BCUT2D eigenvalue weighted by molar-refractivity contribution is -0.162. The van der Waals surface area contributed by atoms with Gasteiger partial charge in [-0.1, -0.05) is 6.92 Å². The molecule has 2 atom stereocenters. The Labute approximate surface area is 91.8 Å². The molecule has 3 heteroatoms. The number of ether oxygens (including phenoxy) is 1. The maximum atomic E-state index is 11.8. The molecule has 1 aliphatic rings. The SMILES string of the molecule is CCC(C)(C)C(=O)OC1CCCC(O)C1. The number of hydrogen-bond donors (Lipinski definition) is 1. The zero-order chi connectivity index (χ0) is 11.5. The molecule has 3 nitrogen and oxygen atoms in total. The minimum atomic E-state index is -0.400. The fourth-order valence-electron chi connectivity index (χ4n) is 1.68. The van der Waals surface area contributed by atoms with Crippen LogP contribution in [-0.2, 0) is 9.53 Å². The van der Waals surface area contributed by atoms with Crippen molar-refractivity contribution in [3.05, 3.63) is 0 Å². The van der Waals surface area contributed by atoms with Crippen molar-refractivity contribution >= 4 is 5.97 Å². The molecule has 0 amide bonds. The smallest absolute Gasteiger partial charge is 0.311 e. The van der Waals surface area contributed by atoms with Gasteiger partial charge in [0.2, 0.25) is 0 Å². The average molecular weight is 214 g/mol. The van der Waals surface area contributed by atoms with Gasteiger partial charge in [0.05, 0.1) is 11.5 Å². The first-order chi connectivity index (χ1) is 6.95. The molecule has 0 bridgehead atoms. The van der Waals surface area contributed by atoms with Gasteiger partial charge < -0.3 is 9.84 Å². The first kappa shape index (κ1) is 12.5. The molecule has 1 fully saturated rings. The van der Waals surface area contributed by atoms with Gasteiger partial charge in [0.1, 0.15) is 6.10 Å². The van der Waals surface area contributed by atoms with Crippen molar-refractivity contribution in [2.24, 2.45) is 5.41 Å². The minimum Gasteiger partial charge on any atom is -0.462 e. The molecule has 1 saturated carbocycles. The summed E-state index contributed by atoms with van der Waals surface area (Å²) < 4.78 is 5.42. The van der Waals surface area contributed by atoms with E-state index in [4.69, 9.17) is 4.74 Å². The van der Waals surface area contributed by atoms with Crippen LogP contribution in [0.1, 0.15) is 52.9 Å². The quantitative estimate of drug-likeness (QED) is 0.733. The third kappa shape index (κ3) is 3.49. The van der Waals surface area contributed by atoms with Gasteiger partial charge in [0.15, 0.2) is 0 Å². The van der Waals surface area contributed by atoms with Crippen LogP contribution in [-0.4, -0.2) is 23.3 Å². The second kappa shape index (κ2) is 4.97. The van der Waals surface area contributed by atoms with Crippen LogP contribution < -0.4 is 0 Å². The van der Waals surface area contributed by atoms with Gasteiger partial charge in [0.25, 0.3) is 0 Å². The molecular formula is C12H22O3. The lowest BCUT2D eigenvalue weighted by atomic mass is 9.90. The molecule has 0 aromatic rings. The van der Waals surface area contributed by atoms with E-state index in [-0.39, 0.29) is 18.2 Å². The number of carbonyl (C=O) groups is 1. The van der Waals surface area contributed by atoms with E-state index in [2.05, 4.69) is 0 Å². The molecule has 0 saturated heterocycles. The molecule has 0 aliphatic heterocycles. The predicted octanol–water partition coefficient (Wildman–Crippen LogP) is 2.27. The zero-order valence-corrected chi connectivity index (χ0v) is 9.95. The molecule has 0 heterocycles. The average Bonchev–Trinajstić information content (AvgIpc) is 2.17. The molecule has 1 aliphatic carbocycles. The summed E-state index contributed by atoms with van der Waals surface area (Å²) in [5.74, 6) is -0.135. The molecular weight excluding hydrogens is 192 g/mol. The van der Waals surface area contributed by atoms with E-state index < -0.39 is 5.41 Å². The van der Waals surface area contributed by atoms with E-state index >= 15 is 0 Å². The van der Waals surface area contributed by atoms with Crippen LogP contribution >= 0.6 is 0 Å². The van der Waals surface area contributed by atoms with Crippen molar-refractivity contribution in [3.63, 3.8) is 0 Å². The van der Waals surface area contributed by atoms with Crippen LogP contribution in [0.3, 0.4) is 0 Å². The number of aliphatic hydroxyl groups is 1.